The van der Waals surface area contributed by atoms with Crippen molar-refractivity contribution >= 4 is 33.7 Å². The van der Waals surface area contributed by atoms with Gasteiger partial charge in [0.2, 0.25) is 0 Å². The van der Waals surface area contributed by atoms with Crippen LogP contribution < -0.4 is 5.32 Å². The molecule has 31 heavy (non-hydrogen) atoms. The van der Waals surface area contributed by atoms with E-state index in [9.17, 15) is 57.5 Å². The zero-order valence-corrected chi connectivity index (χ0v) is 15.7. The van der Waals surface area contributed by atoms with E-state index in [0.29, 0.717) is 16.2 Å². The summed E-state index contributed by atoms with van der Waals surface area (Å²) in [7, 11) is 0. The van der Waals surface area contributed by atoms with Crippen LogP contribution in [0.25, 0.3) is 10.6 Å². The lowest BCUT2D eigenvalue weighted by Crippen LogP contribution is -2.70. The topological polar surface area (TPSA) is 42.0 Å². The van der Waals surface area contributed by atoms with Crippen LogP contribution >= 0.6 is 22.7 Å². The largest absolute Gasteiger partial charge is 0.393 e. The number of thiophene rings is 1. The van der Waals surface area contributed by atoms with E-state index in [-0.39, 0.29) is 5.69 Å². The quantitative estimate of drug-likeness (QED) is 0.427. The van der Waals surface area contributed by atoms with Gasteiger partial charge in [0.05, 0.1) is 10.6 Å². The molecule has 0 aliphatic rings. The van der Waals surface area contributed by atoms with Gasteiger partial charge in [-0.05, 0) is 11.4 Å². The number of anilines is 1. The molecule has 1 amide bonds. The monoisotopic (exact) mass is 510 g/mol. The van der Waals surface area contributed by atoms with Crippen LogP contribution in [-0.4, -0.2) is 46.9 Å². The Hall–Kier alpha value is -2.04. The van der Waals surface area contributed by atoms with Crippen LogP contribution in [0.15, 0.2) is 22.9 Å². The van der Waals surface area contributed by atoms with Gasteiger partial charge >= 0.3 is 41.9 Å². The highest BCUT2D eigenvalue weighted by atomic mass is 32.1. The lowest BCUT2D eigenvalue weighted by Gasteiger charge is -2.38. The van der Waals surface area contributed by atoms with Gasteiger partial charge in [0.1, 0.15) is 0 Å². The van der Waals surface area contributed by atoms with Crippen molar-refractivity contribution in [1.29, 1.82) is 0 Å². The molecule has 2 rings (SSSR count). The first-order valence-corrected chi connectivity index (χ1v) is 9.15. The molecule has 0 atom stereocenters. The van der Waals surface area contributed by atoms with Crippen molar-refractivity contribution in [2.75, 3.05) is 5.32 Å². The van der Waals surface area contributed by atoms with Crippen LogP contribution in [0, 0.1) is 0 Å². The maximum absolute atomic E-state index is 13.7. The van der Waals surface area contributed by atoms with Crippen LogP contribution in [0.3, 0.4) is 0 Å². The minimum absolute atomic E-state index is 0.0406. The predicted octanol–water partition coefficient (Wildman–Crippen LogP) is 6.25. The number of thiazole rings is 1. The minimum Gasteiger partial charge on any atom is -0.296 e. The van der Waals surface area contributed by atoms with Gasteiger partial charge in [-0.25, -0.2) is 13.8 Å². The fourth-order valence-electron chi connectivity index (χ4n) is 1.93. The Balaban J connectivity index is 2.34. The second-order valence-electron chi connectivity index (χ2n) is 5.69. The standard InChI is InChI=1S/C14H6F12N2OS2/c15-7(16)10(17,18)12(21,22)14(25,26)13(23,24)11(19,20)8(29)28-9-27-5(4-31-9)6-2-1-3-30-6/h1-4,7H,(H,27,28,29). The van der Waals surface area contributed by atoms with E-state index >= 15 is 0 Å². The molecule has 3 nitrogen and oxygen atoms in total. The smallest absolute Gasteiger partial charge is 0.296 e. The summed E-state index contributed by atoms with van der Waals surface area (Å²) in [5, 5.41) is 2.82. The van der Waals surface area contributed by atoms with Crippen molar-refractivity contribution in [3.63, 3.8) is 0 Å². The van der Waals surface area contributed by atoms with Gasteiger partial charge in [-0.3, -0.25) is 10.1 Å². The molecule has 0 aliphatic carbocycles. The molecule has 0 unspecified atom stereocenters. The number of alkyl halides is 12. The summed E-state index contributed by atoms with van der Waals surface area (Å²) in [4.78, 5) is 15.4. The van der Waals surface area contributed by atoms with Crippen molar-refractivity contribution < 1.29 is 57.5 Å². The highest BCUT2D eigenvalue weighted by Gasteiger charge is 2.89. The second-order valence-corrected chi connectivity index (χ2v) is 7.50. The molecule has 1 N–H and O–H groups in total. The third-order valence-electron chi connectivity index (χ3n) is 3.66. The van der Waals surface area contributed by atoms with Crippen molar-refractivity contribution in [2.24, 2.45) is 0 Å². The normalized spacial score (nSPS) is 14.2. The Labute approximate surface area is 171 Å². The maximum Gasteiger partial charge on any atom is 0.393 e. The number of carbonyl (C=O) groups is 1. The molecule has 0 saturated carbocycles. The fourth-order valence-corrected chi connectivity index (χ4v) is 3.39. The number of amides is 1. The van der Waals surface area contributed by atoms with E-state index in [0.717, 1.165) is 22.0 Å². The van der Waals surface area contributed by atoms with Gasteiger partial charge in [0.25, 0.3) is 0 Å². The Bertz CT molecular complexity index is 926. The van der Waals surface area contributed by atoms with Crippen molar-refractivity contribution in [3.05, 3.63) is 22.9 Å². The van der Waals surface area contributed by atoms with E-state index in [1.807, 2.05) is 0 Å². The van der Waals surface area contributed by atoms with Crippen LogP contribution in [0.1, 0.15) is 0 Å². The Kier molecular flexibility index (Phi) is 6.37. The fraction of sp³-hybridized carbons (Fsp3) is 0.429. The first-order chi connectivity index (χ1) is 13.9. The first-order valence-electron chi connectivity index (χ1n) is 7.39. The predicted molar refractivity (Wildman–Crippen MR) is 84.8 cm³/mol. The number of aromatic nitrogens is 1. The second kappa shape index (κ2) is 7.83. The van der Waals surface area contributed by atoms with Gasteiger partial charge in [-0.2, -0.15) is 43.9 Å². The SMILES string of the molecule is O=C(Nc1nc(-c2cccs2)cs1)C(F)(F)C(F)(F)C(F)(F)C(F)(F)C(F)(F)C(F)F. The number of hydrogen-bond acceptors (Lipinski definition) is 4. The molecule has 0 aliphatic heterocycles. The van der Waals surface area contributed by atoms with E-state index in [1.165, 1.54) is 12.1 Å². The van der Waals surface area contributed by atoms with Gasteiger partial charge in [-0.15, -0.1) is 22.7 Å². The summed E-state index contributed by atoms with van der Waals surface area (Å²) < 4.78 is 157. The lowest BCUT2D eigenvalue weighted by molar-refractivity contribution is -0.406. The summed E-state index contributed by atoms with van der Waals surface area (Å²) in [5.74, 6) is -40.1. The highest BCUT2D eigenvalue weighted by Crippen LogP contribution is 2.58. The maximum atomic E-state index is 13.7. The molecule has 0 bridgehead atoms. The van der Waals surface area contributed by atoms with Gasteiger partial charge in [-0.1, -0.05) is 6.07 Å². The number of rotatable bonds is 8. The average molecular weight is 510 g/mol. The van der Waals surface area contributed by atoms with Gasteiger partial charge < -0.3 is 0 Å². The zero-order chi connectivity index (χ0) is 24.0. The van der Waals surface area contributed by atoms with Crippen LogP contribution in [0.4, 0.5) is 57.8 Å². The van der Waals surface area contributed by atoms with Gasteiger partial charge in [0, 0.05) is 5.38 Å². The van der Waals surface area contributed by atoms with E-state index in [4.69, 9.17) is 0 Å². The molecule has 2 aromatic heterocycles. The summed E-state index contributed by atoms with van der Waals surface area (Å²) in [5.41, 5.74) is 0.0406. The number of hydrogen-bond donors (Lipinski definition) is 1. The summed E-state index contributed by atoms with van der Waals surface area (Å²) in [6.07, 6.45) is -5.61. The zero-order valence-electron chi connectivity index (χ0n) is 14.1. The number of nitrogens with one attached hydrogen (secondary N) is 1. The Morgan fingerprint density at radius 2 is 1.48 bits per heavy atom. The molecule has 0 spiro atoms. The van der Waals surface area contributed by atoms with E-state index < -0.39 is 47.1 Å². The number of carbonyl (C=O) groups excluding carboxylic acids is 1. The van der Waals surface area contributed by atoms with Crippen molar-refractivity contribution in [3.8, 4) is 10.6 Å². The molecular formula is C14H6F12N2OS2. The summed E-state index contributed by atoms with van der Waals surface area (Å²) >= 11 is 1.43. The summed E-state index contributed by atoms with van der Waals surface area (Å²) in [6.45, 7) is 0. The minimum atomic E-state index is -7.77. The third kappa shape index (κ3) is 3.85. The van der Waals surface area contributed by atoms with E-state index in [2.05, 4.69) is 4.98 Å². The molecule has 0 aromatic carbocycles. The molecule has 2 heterocycles. The number of halogens is 12. The Morgan fingerprint density at radius 3 is 1.97 bits per heavy atom. The van der Waals surface area contributed by atoms with Gasteiger partial charge in [0.15, 0.2) is 5.13 Å². The average Bonchev–Trinajstić information content (AvgIpc) is 3.32. The lowest BCUT2D eigenvalue weighted by atomic mass is 9.94. The molecule has 0 fully saturated rings. The van der Waals surface area contributed by atoms with Crippen molar-refractivity contribution in [1.82, 2.24) is 4.98 Å². The summed E-state index contributed by atoms with van der Waals surface area (Å²) in [6, 6.07) is 3.00. The van der Waals surface area contributed by atoms with Crippen LogP contribution in [0.5, 0.6) is 0 Å². The molecular weight excluding hydrogens is 504 g/mol. The van der Waals surface area contributed by atoms with Crippen molar-refractivity contribution in [2.45, 2.75) is 36.0 Å². The Morgan fingerprint density at radius 1 is 0.903 bits per heavy atom. The molecule has 17 heteroatoms. The molecule has 0 saturated heterocycles. The van der Waals surface area contributed by atoms with Crippen LogP contribution in [0.2, 0.25) is 0 Å². The number of nitrogens with zero attached hydrogens (tertiary/aromatic N) is 1. The molecule has 174 valence electrons. The first kappa shape index (κ1) is 25.2. The highest BCUT2D eigenvalue weighted by molar-refractivity contribution is 7.16. The van der Waals surface area contributed by atoms with E-state index in [1.54, 1.807) is 5.38 Å². The third-order valence-corrected chi connectivity index (χ3v) is 5.31. The molecule has 0 radical (unpaired) electrons. The molecule has 2 aromatic rings. The van der Waals surface area contributed by atoms with Crippen LogP contribution in [-0.2, 0) is 4.79 Å².